The Morgan fingerprint density at radius 3 is 2.62 bits per heavy atom. The van der Waals surface area contributed by atoms with Gasteiger partial charge in [0.2, 0.25) is 0 Å². The molecule has 1 aliphatic carbocycles. The smallest absolute Gasteiger partial charge is 0.381 e. The number of nitrogens with one attached hydrogen (secondary N) is 1. The van der Waals surface area contributed by atoms with Crippen LogP contribution in [0.15, 0.2) is 61.3 Å². The lowest BCUT2D eigenvalue weighted by Gasteiger charge is -2.28. The van der Waals surface area contributed by atoms with Crippen molar-refractivity contribution < 1.29 is 13.2 Å². The van der Waals surface area contributed by atoms with Crippen molar-refractivity contribution in [2.24, 2.45) is 7.05 Å². The molecule has 1 saturated carbocycles. The summed E-state index contributed by atoms with van der Waals surface area (Å²) in [5.41, 5.74) is 2.39. The Labute approximate surface area is 209 Å². The third kappa shape index (κ3) is 4.00. The predicted octanol–water partition coefficient (Wildman–Crippen LogP) is 5.47. The van der Waals surface area contributed by atoms with Gasteiger partial charge in [-0.15, -0.1) is 0 Å². The van der Waals surface area contributed by atoms with Crippen LogP contribution >= 0.6 is 0 Å². The molecule has 6 rings (SSSR count). The molecule has 1 fully saturated rings. The van der Waals surface area contributed by atoms with Gasteiger partial charge in [-0.1, -0.05) is 6.07 Å². The molecule has 0 unspecified atom stereocenters. The minimum absolute atomic E-state index is 0.0379. The zero-order valence-corrected chi connectivity index (χ0v) is 19.7. The first-order valence-corrected chi connectivity index (χ1v) is 11.8. The second kappa shape index (κ2) is 8.51. The highest BCUT2D eigenvalue weighted by Gasteiger charge is 2.38. The highest BCUT2D eigenvalue weighted by atomic mass is 19.4. The van der Waals surface area contributed by atoms with Crippen LogP contribution in [-0.4, -0.2) is 35.2 Å². The number of imidazole rings is 1. The molecular formula is C26H21F3N8. The lowest BCUT2D eigenvalue weighted by Crippen LogP contribution is -2.27. The van der Waals surface area contributed by atoms with Crippen molar-refractivity contribution in [3.05, 3.63) is 72.6 Å². The van der Waals surface area contributed by atoms with Crippen LogP contribution in [0.25, 0.3) is 33.5 Å². The van der Waals surface area contributed by atoms with Crippen molar-refractivity contribution in [3.8, 4) is 28.7 Å². The van der Waals surface area contributed by atoms with Crippen LogP contribution in [0.3, 0.4) is 0 Å². The van der Waals surface area contributed by atoms with Gasteiger partial charge in [0.1, 0.15) is 0 Å². The number of rotatable bonds is 5. The molecule has 37 heavy (non-hydrogen) atoms. The monoisotopic (exact) mass is 502 g/mol. The van der Waals surface area contributed by atoms with E-state index in [1.165, 1.54) is 11.0 Å². The van der Waals surface area contributed by atoms with Gasteiger partial charge in [0.25, 0.3) is 0 Å². The van der Waals surface area contributed by atoms with E-state index in [0.29, 0.717) is 33.8 Å². The van der Waals surface area contributed by atoms with Gasteiger partial charge in [0, 0.05) is 31.0 Å². The number of aryl methyl sites for hydroxylation is 1. The van der Waals surface area contributed by atoms with Gasteiger partial charge in [-0.3, -0.25) is 4.68 Å². The summed E-state index contributed by atoms with van der Waals surface area (Å²) in [6.07, 6.45) is 4.92. The molecule has 0 radical (unpaired) electrons. The van der Waals surface area contributed by atoms with Crippen molar-refractivity contribution in [2.75, 3.05) is 5.32 Å². The minimum Gasteiger partial charge on any atom is -0.381 e. The number of hydrogen-bond acceptors (Lipinski definition) is 5. The van der Waals surface area contributed by atoms with Gasteiger partial charge < -0.3 is 9.88 Å². The van der Waals surface area contributed by atoms with E-state index >= 15 is 0 Å². The molecule has 11 heteroatoms. The second-order valence-corrected chi connectivity index (χ2v) is 9.11. The van der Waals surface area contributed by atoms with E-state index in [0.717, 1.165) is 24.8 Å². The summed E-state index contributed by atoms with van der Waals surface area (Å²) < 4.78 is 47.5. The number of benzene rings is 2. The first-order valence-electron chi connectivity index (χ1n) is 11.8. The van der Waals surface area contributed by atoms with Crippen LogP contribution in [-0.2, 0) is 13.2 Å². The molecule has 0 atom stereocenters. The summed E-state index contributed by atoms with van der Waals surface area (Å²) in [5.74, 6) is 0. The van der Waals surface area contributed by atoms with Crippen LogP contribution < -0.4 is 5.32 Å². The van der Waals surface area contributed by atoms with Gasteiger partial charge in [-0.2, -0.15) is 28.6 Å². The molecule has 0 spiro atoms. The molecule has 186 valence electrons. The fourth-order valence-corrected chi connectivity index (χ4v) is 4.58. The standard InChI is InChI=1S/C26H21F3N8/c1-35-13-17(12-32-35)20-14-36(15-31-20)22-6-3-7-23-24(22)25(26(27,28)29)34-37(23)21-9-8-16(11-30)10-19(21)33-18-4-2-5-18/h3,6-10,12-15,18,33H,2,4-5H2,1H3. The summed E-state index contributed by atoms with van der Waals surface area (Å²) in [4.78, 5) is 4.38. The average Bonchev–Trinajstić information content (AvgIpc) is 3.59. The third-order valence-corrected chi connectivity index (χ3v) is 6.63. The largest absolute Gasteiger partial charge is 0.435 e. The normalized spacial score (nSPS) is 14.0. The fourth-order valence-electron chi connectivity index (χ4n) is 4.58. The molecule has 0 aliphatic heterocycles. The highest BCUT2D eigenvalue weighted by Crippen LogP contribution is 2.39. The number of hydrogen-bond donors (Lipinski definition) is 1. The minimum atomic E-state index is -4.69. The number of aromatic nitrogens is 6. The Morgan fingerprint density at radius 1 is 1.11 bits per heavy atom. The fraction of sp³-hybridized carbons (Fsp3) is 0.231. The second-order valence-electron chi connectivity index (χ2n) is 9.11. The van der Waals surface area contributed by atoms with Crippen LogP contribution in [0.2, 0.25) is 0 Å². The lowest BCUT2D eigenvalue weighted by molar-refractivity contribution is -0.140. The molecule has 5 aromatic rings. The van der Waals surface area contributed by atoms with Gasteiger partial charge in [0.15, 0.2) is 5.69 Å². The lowest BCUT2D eigenvalue weighted by atomic mass is 9.93. The first kappa shape index (κ1) is 22.8. The van der Waals surface area contributed by atoms with Gasteiger partial charge in [0.05, 0.1) is 57.8 Å². The Balaban J connectivity index is 1.54. The molecule has 2 aromatic carbocycles. The molecule has 0 amide bonds. The van der Waals surface area contributed by atoms with Crippen LogP contribution in [0.1, 0.15) is 30.5 Å². The van der Waals surface area contributed by atoms with Crippen LogP contribution in [0.5, 0.6) is 0 Å². The van der Waals surface area contributed by atoms with Crippen LogP contribution in [0.4, 0.5) is 18.9 Å². The zero-order valence-electron chi connectivity index (χ0n) is 19.7. The molecule has 1 aliphatic rings. The predicted molar refractivity (Wildman–Crippen MR) is 131 cm³/mol. The van der Waals surface area contributed by atoms with E-state index in [-0.39, 0.29) is 11.4 Å². The number of alkyl halides is 3. The summed E-state index contributed by atoms with van der Waals surface area (Å²) in [6.45, 7) is 0. The summed E-state index contributed by atoms with van der Waals surface area (Å²) in [7, 11) is 1.78. The summed E-state index contributed by atoms with van der Waals surface area (Å²) in [6, 6.07) is 12.1. The van der Waals surface area contributed by atoms with Crippen molar-refractivity contribution >= 4 is 16.6 Å². The van der Waals surface area contributed by atoms with E-state index in [9.17, 15) is 18.4 Å². The molecule has 0 bridgehead atoms. The average molecular weight is 503 g/mol. The SMILES string of the molecule is Cn1cc(-c2cn(-c3cccc4c3c(C(F)(F)F)nn4-c3ccc(C#N)cc3NC3CCC3)cn2)cn1. The number of halogens is 3. The van der Waals surface area contributed by atoms with E-state index in [2.05, 4.69) is 26.6 Å². The molecule has 8 nitrogen and oxygen atoms in total. The van der Waals surface area contributed by atoms with E-state index in [4.69, 9.17) is 0 Å². The molecule has 3 aromatic heterocycles. The molecule has 3 heterocycles. The van der Waals surface area contributed by atoms with E-state index in [1.54, 1.807) is 71.3 Å². The van der Waals surface area contributed by atoms with E-state index < -0.39 is 11.9 Å². The molecular weight excluding hydrogens is 481 g/mol. The quantitative estimate of drug-likeness (QED) is 0.344. The van der Waals surface area contributed by atoms with Crippen molar-refractivity contribution in [3.63, 3.8) is 0 Å². The van der Waals surface area contributed by atoms with Gasteiger partial charge in [-0.25, -0.2) is 9.67 Å². The summed E-state index contributed by atoms with van der Waals surface area (Å²) in [5, 5.41) is 21.0. The maximum absolute atomic E-state index is 14.3. The molecule has 1 N–H and O–H groups in total. The van der Waals surface area contributed by atoms with Gasteiger partial charge in [-0.05, 0) is 49.6 Å². The highest BCUT2D eigenvalue weighted by molar-refractivity contribution is 5.92. The third-order valence-electron chi connectivity index (χ3n) is 6.63. The number of nitrogens with zero attached hydrogens (tertiary/aromatic N) is 7. The Hall–Kier alpha value is -4.59. The Morgan fingerprint density at radius 2 is 1.95 bits per heavy atom. The van der Waals surface area contributed by atoms with Crippen molar-refractivity contribution in [1.82, 2.24) is 29.1 Å². The summed E-state index contributed by atoms with van der Waals surface area (Å²) >= 11 is 0. The number of fused-ring (bicyclic) bond motifs is 1. The first-order chi connectivity index (χ1) is 17.8. The van der Waals surface area contributed by atoms with Crippen molar-refractivity contribution in [2.45, 2.75) is 31.5 Å². The Kier molecular flexibility index (Phi) is 5.26. The maximum atomic E-state index is 14.3. The zero-order chi connectivity index (χ0) is 25.7. The van der Waals surface area contributed by atoms with Gasteiger partial charge >= 0.3 is 6.18 Å². The maximum Gasteiger partial charge on any atom is 0.435 e. The van der Waals surface area contributed by atoms with E-state index in [1.807, 2.05) is 0 Å². The Bertz CT molecular complexity index is 1660. The van der Waals surface area contributed by atoms with Crippen LogP contribution in [0, 0.1) is 11.3 Å². The molecule has 0 saturated heterocycles. The van der Waals surface area contributed by atoms with Crippen molar-refractivity contribution in [1.29, 1.82) is 5.26 Å². The topological polar surface area (TPSA) is 89.3 Å². The number of anilines is 1. The number of nitriles is 1.